The minimum atomic E-state index is -0.723. The smallest absolute Gasteiger partial charge is 0.346 e. The molecule has 2 heterocycles. The SMILES string of the molecule is C=Cc1c2c(c(=C)oc1=O)=CCC=C1C(=O)OC(=O)C(C)=C12. The molecule has 0 spiro atoms. The minimum Gasteiger partial charge on any atom is -0.423 e. The standard InChI is InChI=1S/C17H12O5/c1-4-10-14-11(9(3)21-16(10)19)6-5-7-12-13(14)8(2)15(18)22-17(12)20/h4,6-7H,1,3,5H2,2H3. The lowest BCUT2D eigenvalue weighted by atomic mass is 9.89. The molecule has 3 rings (SSSR count). The van der Waals surface area contributed by atoms with Crippen LogP contribution in [0.5, 0.6) is 0 Å². The summed E-state index contributed by atoms with van der Waals surface area (Å²) in [5, 5.41) is 0.581. The van der Waals surface area contributed by atoms with E-state index >= 15 is 0 Å². The fourth-order valence-electron chi connectivity index (χ4n) is 2.70. The van der Waals surface area contributed by atoms with Crippen LogP contribution in [0.15, 0.2) is 33.0 Å². The van der Waals surface area contributed by atoms with Crippen LogP contribution in [-0.4, -0.2) is 11.9 Å². The molecule has 5 nitrogen and oxygen atoms in total. The Labute approximate surface area is 125 Å². The van der Waals surface area contributed by atoms with Gasteiger partial charge in [0, 0.05) is 21.9 Å². The van der Waals surface area contributed by atoms with Gasteiger partial charge in [0.2, 0.25) is 0 Å². The van der Waals surface area contributed by atoms with Gasteiger partial charge in [0.15, 0.2) is 0 Å². The Morgan fingerprint density at radius 2 is 1.91 bits per heavy atom. The van der Waals surface area contributed by atoms with Gasteiger partial charge in [-0.15, -0.1) is 0 Å². The molecule has 0 radical (unpaired) electrons. The highest BCUT2D eigenvalue weighted by Crippen LogP contribution is 2.33. The summed E-state index contributed by atoms with van der Waals surface area (Å²) in [6.45, 7) is 8.91. The van der Waals surface area contributed by atoms with Gasteiger partial charge in [0.25, 0.3) is 0 Å². The van der Waals surface area contributed by atoms with Gasteiger partial charge in [0.05, 0.1) is 11.1 Å². The number of esters is 2. The molecule has 22 heavy (non-hydrogen) atoms. The zero-order valence-electron chi connectivity index (χ0n) is 11.9. The Morgan fingerprint density at radius 3 is 2.59 bits per heavy atom. The Balaban J connectivity index is 2.58. The topological polar surface area (TPSA) is 73.6 Å². The van der Waals surface area contributed by atoms with Crippen molar-refractivity contribution in [3.8, 4) is 0 Å². The predicted octanol–water partition coefficient (Wildman–Crippen LogP) is 0.661. The molecule has 0 aromatic carbocycles. The minimum absolute atomic E-state index is 0.187. The van der Waals surface area contributed by atoms with Crippen LogP contribution < -0.4 is 16.3 Å². The third kappa shape index (κ3) is 1.83. The first-order valence-corrected chi connectivity index (χ1v) is 6.62. The molecule has 110 valence electrons. The van der Waals surface area contributed by atoms with Crippen LogP contribution >= 0.6 is 0 Å². The summed E-state index contributed by atoms with van der Waals surface area (Å²) in [6, 6.07) is 0. The second-order valence-electron chi connectivity index (χ2n) is 4.95. The van der Waals surface area contributed by atoms with Gasteiger partial charge in [-0.25, -0.2) is 14.4 Å². The van der Waals surface area contributed by atoms with Crippen LogP contribution in [0.4, 0.5) is 0 Å². The van der Waals surface area contributed by atoms with Gasteiger partial charge in [-0.05, 0) is 13.3 Å². The normalized spacial score (nSPS) is 16.9. The molecule has 5 heteroatoms. The summed E-state index contributed by atoms with van der Waals surface area (Å²) < 4.78 is 9.82. The number of allylic oxidation sites excluding steroid dienone is 1. The van der Waals surface area contributed by atoms with Gasteiger partial charge in [0.1, 0.15) is 5.42 Å². The van der Waals surface area contributed by atoms with E-state index < -0.39 is 17.6 Å². The Hall–Kier alpha value is -2.95. The number of hydrogen-bond donors (Lipinski definition) is 0. The third-order valence-corrected chi connectivity index (χ3v) is 3.73. The van der Waals surface area contributed by atoms with Crippen molar-refractivity contribution in [3.05, 3.63) is 56.0 Å². The third-order valence-electron chi connectivity index (χ3n) is 3.73. The molecule has 1 aliphatic heterocycles. The van der Waals surface area contributed by atoms with Crippen molar-refractivity contribution >= 4 is 36.2 Å². The lowest BCUT2D eigenvalue weighted by Crippen LogP contribution is -2.35. The summed E-state index contributed by atoms with van der Waals surface area (Å²) in [6.07, 6.45) is 5.22. The van der Waals surface area contributed by atoms with Crippen LogP contribution in [-0.2, 0) is 14.3 Å². The second-order valence-corrected chi connectivity index (χ2v) is 4.95. The summed E-state index contributed by atoms with van der Waals surface area (Å²) in [7, 11) is 0. The summed E-state index contributed by atoms with van der Waals surface area (Å²) in [5.41, 5.74) is 1.13. The lowest BCUT2D eigenvalue weighted by molar-refractivity contribution is -0.154. The zero-order chi connectivity index (χ0) is 16.0. The van der Waals surface area contributed by atoms with Gasteiger partial charge < -0.3 is 9.15 Å². The molecule has 0 unspecified atom stereocenters. The van der Waals surface area contributed by atoms with Crippen molar-refractivity contribution in [1.29, 1.82) is 0 Å². The molecule has 1 aromatic heterocycles. The van der Waals surface area contributed by atoms with Crippen LogP contribution in [0.25, 0.3) is 24.3 Å². The Bertz CT molecular complexity index is 970. The molecule has 0 saturated carbocycles. The van der Waals surface area contributed by atoms with E-state index in [0.717, 1.165) is 0 Å². The lowest BCUT2D eigenvalue weighted by Gasteiger charge is -2.20. The van der Waals surface area contributed by atoms with Crippen LogP contribution in [0, 0.1) is 0 Å². The van der Waals surface area contributed by atoms with E-state index in [4.69, 9.17) is 9.15 Å². The molecular formula is C17H12O5. The van der Waals surface area contributed by atoms with E-state index in [2.05, 4.69) is 13.2 Å². The highest BCUT2D eigenvalue weighted by molar-refractivity contribution is 6.21. The van der Waals surface area contributed by atoms with E-state index in [0.29, 0.717) is 22.8 Å². The van der Waals surface area contributed by atoms with Crippen molar-refractivity contribution in [3.63, 3.8) is 0 Å². The molecule has 0 bridgehead atoms. The highest BCUT2D eigenvalue weighted by Gasteiger charge is 2.33. The molecular weight excluding hydrogens is 284 g/mol. The molecule has 0 fully saturated rings. The van der Waals surface area contributed by atoms with E-state index in [1.807, 2.05) is 0 Å². The number of carbonyl (C=O) groups excluding carboxylic acids is 2. The van der Waals surface area contributed by atoms with Gasteiger partial charge >= 0.3 is 17.6 Å². The molecule has 1 aliphatic carbocycles. The molecule has 1 aromatic rings. The average molecular weight is 296 g/mol. The maximum Gasteiger partial charge on any atom is 0.346 e. The van der Waals surface area contributed by atoms with Gasteiger partial charge in [-0.3, -0.25) is 0 Å². The van der Waals surface area contributed by atoms with Crippen LogP contribution in [0.1, 0.15) is 24.5 Å². The number of carbonyl (C=O) groups is 2. The molecule has 0 N–H and O–H groups in total. The van der Waals surface area contributed by atoms with Crippen LogP contribution in [0.2, 0.25) is 0 Å². The molecule has 0 saturated heterocycles. The van der Waals surface area contributed by atoms with Gasteiger partial charge in [-0.2, -0.15) is 0 Å². The number of cyclic esters (lactones) is 2. The fraction of sp³-hybridized carbons (Fsp3) is 0.118. The predicted molar refractivity (Wildman–Crippen MR) is 80.7 cm³/mol. The van der Waals surface area contributed by atoms with E-state index in [1.54, 1.807) is 19.1 Å². The summed E-state index contributed by atoms with van der Waals surface area (Å²) in [5.74, 6) is -1.44. The average Bonchev–Trinajstić information content (AvgIpc) is 2.66. The number of fused-ring (bicyclic) bond motifs is 3. The Morgan fingerprint density at radius 1 is 1.18 bits per heavy atom. The van der Waals surface area contributed by atoms with Crippen molar-refractivity contribution < 1.29 is 18.7 Å². The first-order chi connectivity index (χ1) is 10.5. The maximum atomic E-state index is 12.1. The molecule has 0 atom stereocenters. The summed E-state index contributed by atoms with van der Waals surface area (Å²) >= 11 is 0. The van der Waals surface area contributed by atoms with E-state index in [9.17, 15) is 14.4 Å². The number of rotatable bonds is 1. The fourth-order valence-corrected chi connectivity index (χ4v) is 2.70. The largest absolute Gasteiger partial charge is 0.423 e. The monoisotopic (exact) mass is 296 g/mol. The highest BCUT2D eigenvalue weighted by atomic mass is 16.6. The number of hydrogen-bond acceptors (Lipinski definition) is 5. The maximum absolute atomic E-state index is 12.1. The molecule has 0 amide bonds. The summed E-state index contributed by atoms with van der Waals surface area (Å²) in [4.78, 5) is 35.9. The van der Waals surface area contributed by atoms with Crippen molar-refractivity contribution in [2.45, 2.75) is 13.3 Å². The first-order valence-electron chi connectivity index (χ1n) is 6.62. The second kappa shape index (κ2) is 4.80. The quantitative estimate of drug-likeness (QED) is 0.562. The van der Waals surface area contributed by atoms with Crippen molar-refractivity contribution in [2.24, 2.45) is 0 Å². The molecule has 2 aliphatic rings. The van der Waals surface area contributed by atoms with Crippen molar-refractivity contribution in [2.75, 3.05) is 0 Å². The Kier molecular flexibility index (Phi) is 3.06. The van der Waals surface area contributed by atoms with E-state index in [-0.39, 0.29) is 22.1 Å². The first kappa shape index (κ1) is 14.0. The van der Waals surface area contributed by atoms with E-state index in [1.165, 1.54) is 6.08 Å². The van der Waals surface area contributed by atoms with Crippen molar-refractivity contribution in [1.82, 2.24) is 0 Å². The van der Waals surface area contributed by atoms with Crippen LogP contribution in [0.3, 0.4) is 0 Å². The zero-order valence-corrected chi connectivity index (χ0v) is 11.9. The number of ether oxygens (including phenoxy) is 1. The van der Waals surface area contributed by atoms with Gasteiger partial charge in [-0.1, -0.05) is 31.4 Å².